The Morgan fingerprint density at radius 3 is 2.50 bits per heavy atom. The lowest BCUT2D eigenvalue weighted by atomic mass is 9.82. The molecule has 0 aromatic carbocycles. The summed E-state index contributed by atoms with van der Waals surface area (Å²) in [7, 11) is 0. The first-order chi connectivity index (χ1) is 8.54. The van der Waals surface area contributed by atoms with Crippen molar-refractivity contribution in [2.75, 3.05) is 6.61 Å². The zero-order valence-corrected chi connectivity index (χ0v) is 10.4. The molecular weight excluding hydrogens is 234 g/mol. The molecule has 1 amide bonds. The Morgan fingerprint density at radius 2 is 1.94 bits per heavy atom. The van der Waals surface area contributed by atoms with Crippen LogP contribution in [0.2, 0.25) is 0 Å². The van der Waals surface area contributed by atoms with E-state index in [4.69, 9.17) is 5.11 Å². The molecule has 18 heavy (non-hydrogen) atoms. The van der Waals surface area contributed by atoms with Gasteiger partial charge in [0.25, 0.3) is 0 Å². The lowest BCUT2D eigenvalue weighted by Crippen LogP contribution is -2.43. The Labute approximate surface area is 106 Å². The molecular formula is C13H19NO4. The van der Waals surface area contributed by atoms with Gasteiger partial charge in [0.15, 0.2) is 0 Å². The maximum atomic E-state index is 12.1. The quantitative estimate of drug-likeness (QED) is 0.619. The molecule has 1 fully saturated rings. The van der Waals surface area contributed by atoms with Crippen LogP contribution in [0.4, 0.5) is 0 Å². The van der Waals surface area contributed by atoms with Crippen molar-refractivity contribution in [3.8, 4) is 0 Å². The highest BCUT2D eigenvalue weighted by Crippen LogP contribution is 2.48. The minimum atomic E-state index is -0.887. The number of aliphatic hydroxyl groups is 1. The number of carbonyl (C=O) groups excluding carboxylic acids is 1. The third-order valence-corrected chi connectivity index (χ3v) is 4.00. The molecule has 1 saturated carbocycles. The van der Waals surface area contributed by atoms with Crippen LogP contribution in [0, 0.1) is 23.7 Å². The molecule has 2 aliphatic rings. The summed E-state index contributed by atoms with van der Waals surface area (Å²) in [5, 5.41) is 20.8. The molecule has 5 heteroatoms. The lowest BCUT2D eigenvalue weighted by molar-refractivity contribution is -0.148. The molecule has 0 heterocycles. The number of nitrogens with one attached hydrogen (secondary N) is 1. The number of rotatable bonds is 5. The number of carboxylic acids is 1. The molecule has 0 aliphatic heterocycles. The highest BCUT2D eigenvalue weighted by molar-refractivity contribution is 5.87. The SMILES string of the molecule is CC(CCO)NC(=O)C1C2C=CC(C2)C1C(=O)O. The van der Waals surface area contributed by atoms with E-state index < -0.39 is 17.8 Å². The third-order valence-electron chi connectivity index (χ3n) is 4.00. The lowest BCUT2D eigenvalue weighted by Gasteiger charge is -2.25. The van der Waals surface area contributed by atoms with Gasteiger partial charge in [-0.25, -0.2) is 0 Å². The molecule has 2 rings (SSSR count). The summed E-state index contributed by atoms with van der Waals surface area (Å²) in [6, 6.07) is -0.125. The van der Waals surface area contributed by atoms with Crippen molar-refractivity contribution in [1.29, 1.82) is 0 Å². The van der Waals surface area contributed by atoms with Crippen molar-refractivity contribution >= 4 is 11.9 Å². The summed E-state index contributed by atoms with van der Waals surface area (Å²) in [6.07, 6.45) is 5.14. The minimum Gasteiger partial charge on any atom is -0.481 e. The zero-order valence-electron chi connectivity index (χ0n) is 10.4. The third kappa shape index (κ3) is 2.27. The van der Waals surface area contributed by atoms with Crippen LogP contribution in [0.3, 0.4) is 0 Å². The molecule has 5 nitrogen and oxygen atoms in total. The van der Waals surface area contributed by atoms with E-state index in [9.17, 15) is 14.7 Å². The molecule has 3 N–H and O–H groups in total. The molecule has 0 aromatic heterocycles. The van der Waals surface area contributed by atoms with Gasteiger partial charge in [0.2, 0.25) is 5.91 Å². The number of hydrogen-bond donors (Lipinski definition) is 3. The van der Waals surface area contributed by atoms with Gasteiger partial charge in [-0.3, -0.25) is 9.59 Å². The maximum absolute atomic E-state index is 12.1. The Bertz CT molecular complexity index is 379. The Balaban J connectivity index is 2.05. The van der Waals surface area contributed by atoms with E-state index in [-0.39, 0.29) is 30.4 Å². The molecule has 0 saturated heterocycles. The summed E-state index contributed by atoms with van der Waals surface area (Å²) >= 11 is 0. The second-order valence-corrected chi connectivity index (χ2v) is 5.26. The van der Waals surface area contributed by atoms with E-state index in [1.54, 1.807) is 0 Å². The fourth-order valence-corrected chi connectivity index (χ4v) is 3.12. The van der Waals surface area contributed by atoms with E-state index in [2.05, 4.69) is 5.32 Å². The van der Waals surface area contributed by atoms with Gasteiger partial charge in [-0.1, -0.05) is 12.2 Å². The van der Waals surface area contributed by atoms with E-state index >= 15 is 0 Å². The molecule has 2 bridgehead atoms. The predicted octanol–water partition coefficient (Wildman–Crippen LogP) is 0.396. The molecule has 5 unspecified atom stereocenters. The zero-order chi connectivity index (χ0) is 13.3. The number of carboxylic acid groups (broad SMARTS) is 1. The topological polar surface area (TPSA) is 86.6 Å². The highest BCUT2D eigenvalue weighted by atomic mass is 16.4. The molecule has 0 radical (unpaired) electrons. The van der Waals surface area contributed by atoms with Crippen LogP contribution in [0.5, 0.6) is 0 Å². The molecule has 0 aromatic rings. The van der Waals surface area contributed by atoms with Crippen molar-refractivity contribution in [1.82, 2.24) is 5.32 Å². The molecule has 0 spiro atoms. The van der Waals surface area contributed by atoms with Gasteiger partial charge >= 0.3 is 5.97 Å². The summed E-state index contributed by atoms with van der Waals surface area (Å²) < 4.78 is 0. The normalized spacial score (nSPS) is 34.6. The van der Waals surface area contributed by atoms with Crippen molar-refractivity contribution in [2.24, 2.45) is 23.7 Å². The fraction of sp³-hybridized carbons (Fsp3) is 0.692. The number of amides is 1. The van der Waals surface area contributed by atoms with Crippen LogP contribution in [0.25, 0.3) is 0 Å². The standard InChI is InChI=1S/C13H19NO4/c1-7(4-5-15)14-12(16)10-8-2-3-9(6-8)11(10)13(17)18/h2-3,7-11,15H,4-6H2,1H3,(H,14,16)(H,17,18). The second-order valence-electron chi connectivity index (χ2n) is 5.26. The number of aliphatic hydroxyl groups excluding tert-OH is 1. The Hall–Kier alpha value is -1.36. The van der Waals surface area contributed by atoms with Gasteiger partial charge < -0.3 is 15.5 Å². The molecule has 100 valence electrons. The summed E-state index contributed by atoms with van der Waals surface area (Å²) in [6.45, 7) is 1.83. The molecule has 5 atom stereocenters. The van der Waals surface area contributed by atoms with Crippen LogP contribution in [-0.2, 0) is 9.59 Å². The average Bonchev–Trinajstić information content (AvgIpc) is 2.88. The van der Waals surface area contributed by atoms with Gasteiger partial charge in [-0.05, 0) is 31.6 Å². The summed E-state index contributed by atoms with van der Waals surface area (Å²) in [4.78, 5) is 23.4. The van der Waals surface area contributed by atoms with Crippen LogP contribution in [0.15, 0.2) is 12.2 Å². The van der Waals surface area contributed by atoms with Crippen LogP contribution >= 0.6 is 0 Å². The number of aliphatic carboxylic acids is 1. The highest BCUT2D eigenvalue weighted by Gasteiger charge is 2.51. The van der Waals surface area contributed by atoms with Crippen LogP contribution < -0.4 is 5.32 Å². The van der Waals surface area contributed by atoms with E-state index in [1.165, 1.54) is 0 Å². The number of allylic oxidation sites excluding steroid dienone is 2. The Morgan fingerprint density at radius 1 is 1.33 bits per heavy atom. The number of hydrogen-bond acceptors (Lipinski definition) is 3. The van der Waals surface area contributed by atoms with Crippen molar-refractivity contribution in [3.63, 3.8) is 0 Å². The summed E-state index contributed by atoms with van der Waals surface area (Å²) in [5.74, 6) is -2.09. The molecule has 2 aliphatic carbocycles. The van der Waals surface area contributed by atoms with E-state index in [0.717, 1.165) is 6.42 Å². The fourth-order valence-electron chi connectivity index (χ4n) is 3.12. The first-order valence-corrected chi connectivity index (χ1v) is 6.37. The maximum Gasteiger partial charge on any atom is 0.307 e. The van der Waals surface area contributed by atoms with E-state index in [1.807, 2.05) is 19.1 Å². The first kappa shape index (κ1) is 13.1. The number of carbonyl (C=O) groups is 2. The average molecular weight is 253 g/mol. The van der Waals surface area contributed by atoms with Crippen LogP contribution in [-0.4, -0.2) is 34.7 Å². The van der Waals surface area contributed by atoms with E-state index in [0.29, 0.717) is 6.42 Å². The van der Waals surface area contributed by atoms with Crippen LogP contribution in [0.1, 0.15) is 19.8 Å². The van der Waals surface area contributed by atoms with Gasteiger partial charge in [-0.2, -0.15) is 0 Å². The van der Waals surface area contributed by atoms with Crippen molar-refractivity contribution in [2.45, 2.75) is 25.8 Å². The smallest absolute Gasteiger partial charge is 0.307 e. The first-order valence-electron chi connectivity index (χ1n) is 6.37. The van der Waals surface area contributed by atoms with Crippen molar-refractivity contribution < 1.29 is 19.8 Å². The summed E-state index contributed by atoms with van der Waals surface area (Å²) in [5.41, 5.74) is 0. The predicted molar refractivity (Wildman–Crippen MR) is 64.7 cm³/mol. The number of fused-ring (bicyclic) bond motifs is 2. The largest absolute Gasteiger partial charge is 0.481 e. The van der Waals surface area contributed by atoms with Gasteiger partial charge in [0.05, 0.1) is 11.8 Å². The van der Waals surface area contributed by atoms with Gasteiger partial charge in [0, 0.05) is 12.6 Å². The monoisotopic (exact) mass is 253 g/mol. The van der Waals surface area contributed by atoms with Crippen molar-refractivity contribution in [3.05, 3.63) is 12.2 Å². The minimum absolute atomic E-state index is 0.00334. The Kier molecular flexibility index (Phi) is 3.71. The second kappa shape index (κ2) is 5.10. The van der Waals surface area contributed by atoms with Gasteiger partial charge in [0.1, 0.15) is 0 Å². The van der Waals surface area contributed by atoms with Gasteiger partial charge in [-0.15, -0.1) is 0 Å².